The summed E-state index contributed by atoms with van der Waals surface area (Å²) in [5.41, 5.74) is 0. The van der Waals surface area contributed by atoms with Gasteiger partial charge in [0.2, 0.25) is 5.91 Å². The molecule has 7 nitrogen and oxygen atoms in total. The fourth-order valence-corrected chi connectivity index (χ4v) is 2.08. The Hall–Kier alpha value is -2.01. The molecule has 0 saturated carbocycles. The molecule has 0 fully saturated rings. The molecule has 0 atom stereocenters. The molecular formula is C10H12N4O3S. The molecule has 18 heavy (non-hydrogen) atoms. The zero-order valence-corrected chi connectivity index (χ0v) is 10.6. The molecule has 96 valence electrons. The molecule has 1 heterocycles. The van der Waals surface area contributed by atoms with Crippen molar-refractivity contribution in [2.75, 3.05) is 11.4 Å². The second-order valence-corrected chi connectivity index (χ2v) is 4.43. The van der Waals surface area contributed by atoms with Crippen LogP contribution in [0.5, 0.6) is 0 Å². The summed E-state index contributed by atoms with van der Waals surface area (Å²) in [5.74, 6) is -0.169. The molecule has 0 radical (unpaired) electrons. The molecule has 0 bridgehead atoms. The summed E-state index contributed by atoms with van der Waals surface area (Å²) in [7, 11) is 0. The first kappa shape index (κ1) is 14.1. The predicted octanol–water partition coefficient (Wildman–Crippen LogP) is 2.10. The molecule has 8 heteroatoms. The monoisotopic (exact) mass is 268 g/mol. The van der Waals surface area contributed by atoms with Crippen LogP contribution in [0.4, 0.5) is 10.1 Å². The summed E-state index contributed by atoms with van der Waals surface area (Å²) in [6, 6.07) is 1.94. The zero-order valence-electron chi connectivity index (χ0n) is 9.83. The quantitative estimate of drug-likeness (QED) is 0.581. The maximum absolute atomic E-state index is 11.8. The standard InChI is InChI=1S/C10H12N4O3S/c1-2-4-8(15)13(6-3-5-11)10-12-7-9(18-10)14(16)17/h7H,2-4,6H2,1H3. The maximum atomic E-state index is 11.8. The third-order valence-electron chi connectivity index (χ3n) is 2.10. The van der Waals surface area contributed by atoms with Gasteiger partial charge < -0.3 is 0 Å². The molecule has 1 amide bonds. The number of thiazole rings is 1. The highest BCUT2D eigenvalue weighted by Gasteiger charge is 2.21. The molecule has 0 unspecified atom stereocenters. The number of anilines is 1. The smallest absolute Gasteiger partial charge is 0.287 e. The molecule has 0 aliphatic carbocycles. The lowest BCUT2D eigenvalue weighted by atomic mass is 10.3. The van der Waals surface area contributed by atoms with Crippen LogP contribution >= 0.6 is 11.3 Å². The van der Waals surface area contributed by atoms with E-state index < -0.39 is 4.92 Å². The van der Waals surface area contributed by atoms with Gasteiger partial charge in [0.15, 0.2) is 5.13 Å². The van der Waals surface area contributed by atoms with Gasteiger partial charge in [0.05, 0.1) is 17.4 Å². The van der Waals surface area contributed by atoms with E-state index in [9.17, 15) is 14.9 Å². The average Bonchev–Trinajstić information content (AvgIpc) is 2.79. The van der Waals surface area contributed by atoms with E-state index in [1.165, 1.54) is 4.90 Å². The predicted molar refractivity (Wildman–Crippen MR) is 66.3 cm³/mol. The highest BCUT2D eigenvalue weighted by Crippen LogP contribution is 2.28. The van der Waals surface area contributed by atoms with Gasteiger partial charge in [-0.05, 0) is 17.8 Å². The Morgan fingerprint density at radius 3 is 2.94 bits per heavy atom. The summed E-state index contributed by atoms with van der Waals surface area (Å²) in [6.07, 6.45) is 2.30. The van der Waals surface area contributed by atoms with Gasteiger partial charge in [-0.2, -0.15) is 5.26 Å². The van der Waals surface area contributed by atoms with Crippen molar-refractivity contribution in [2.45, 2.75) is 26.2 Å². The van der Waals surface area contributed by atoms with Crippen molar-refractivity contribution < 1.29 is 9.72 Å². The van der Waals surface area contributed by atoms with Gasteiger partial charge in [-0.25, -0.2) is 4.98 Å². The number of nitro groups is 1. The van der Waals surface area contributed by atoms with E-state index in [1.54, 1.807) is 0 Å². The average molecular weight is 268 g/mol. The van der Waals surface area contributed by atoms with Crippen LogP contribution in [0.3, 0.4) is 0 Å². The summed E-state index contributed by atoms with van der Waals surface area (Å²) < 4.78 is 0. The van der Waals surface area contributed by atoms with E-state index in [2.05, 4.69) is 4.98 Å². The van der Waals surface area contributed by atoms with E-state index in [4.69, 9.17) is 5.26 Å². The van der Waals surface area contributed by atoms with Crippen LogP contribution in [0.1, 0.15) is 26.2 Å². The number of amides is 1. The van der Waals surface area contributed by atoms with E-state index >= 15 is 0 Å². The number of hydrogen-bond acceptors (Lipinski definition) is 6. The molecular weight excluding hydrogens is 256 g/mol. The maximum Gasteiger partial charge on any atom is 0.345 e. The van der Waals surface area contributed by atoms with Crippen molar-refractivity contribution in [2.24, 2.45) is 0 Å². The highest BCUT2D eigenvalue weighted by atomic mass is 32.1. The minimum absolute atomic E-state index is 0.115. The SMILES string of the molecule is CCCC(=O)N(CCC#N)c1ncc([N+](=O)[O-])s1. The van der Waals surface area contributed by atoms with Crippen LogP contribution in [0.25, 0.3) is 0 Å². The summed E-state index contributed by atoms with van der Waals surface area (Å²) >= 11 is 0.839. The number of nitrogens with zero attached hydrogens (tertiary/aromatic N) is 4. The van der Waals surface area contributed by atoms with Crippen molar-refractivity contribution in [3.8, 4) is 6.07 Å². The normalized spacial score (nSPS) is 9.78. The molecule has 0 saturated heterocycles. The third kappa shape index (κ3) is 3.49. The van der Waals surface area contributed by atoms with E-state index in [1.807, 2.05) is 13.0 Å². The zero-order chi connectivity index (χ0) is 13.5. The van der Waals surface area contributed by atoms with Crippen LogP contribution in [0.2, 0.25) is 0 Å². The second-order valence-electron chi connectivity index (χ2n) is 3.44. The topological polar surface area (TPSA) is 100 Å². The lowest BCUT2D eigenvalue weighted by Crippen LogP contribution is -2.31. The van der Waals surface area contributed by atoms with Crippen molar-refractivity contribution in [1.82, 2.24) is 4.98 Å². The van der Waals surface area contributed by atoms with Crippen molar-refractivity contribution in [3.05, 3.63) is 16.3 Å². The molecule has 0 spiro atoms. The third-order valence-corrected chi connectivity index (χ3v) is 3.08. The number of hydrogen-bond donors (Lipinski definition) is 0. The first-order chi connectivity index (χ1) is 8.60. The highest BCUT2D eigenvalue weighted by molar-refractivity contribution is 7.18. The molecule has 0 aromatic carbocycles. The van der Waals surface area contributed by atoms with Crippen molar-refractivity contribution in [1.29, 1.82) is 5.26 Å². The van der Waals surface area contributed by atoms with Gasteiger partial charge in [0, 0.05) is 13.0 Å². The first-order valence-electron chi connectivity index (χ1n) is 5.37. The Labute approximate surface area is 108 Å². The molecule has 0 N–H and O–H groups in total. The van der Waals surface area contributed by atoms with Crippen LogP contribution in [0, 0.1) is 21.4 Å². The number of nitriles is 1. The molecule has 0 aliphatic heterocycles. The molecule has 0 aliphatic rings. The lowest BCUT2D eigenvalue weighted by molar-refractivity contribution is -0.380. The molecule has 1 aromatic rings. The van der Waals surface area contributed by atoms with Crippen LogP contribution in [-0.4, -0.2) is 22.4 Å². The number of carbonyl (C=O) groups excluding carboxylic acids is 1. The minimum atomic E-state index is -0.548. The molecule has 1 aromatic heterocycles. The van der Waals surface area contributed by atoms with Crippen LogP contribution < -0.4 is 4.90 Å². The summed E-state index contributed by atoms with van der Waals surface area (Å²) in [4.78, 5) is 27.1. The Kier molecular flexibility index (Phi) is 5.20. The lowest BCUT2D eigenvalue weighted by Gasteiger charge is -2.17. The van der Waals surface area contributed by atoms with Crippen LogP contribution in [-0.2, 0) is 4.79 Å². The fraction of sp³-hybridized carbons (Fsp3) is 0.500. The van der Waals surface area contributed by atoms with Gasteiger partial charge in [0.25, 0.3) is 0 Å². The van der Waals surface area contributed by atoms with E-state index in [-0.39, 0.29) is 29.0 Å². The van der Waals surface area contributed by atoms with E-state index in [0.29, 0.717) is 12.8 Å². The van der Waals surface area contributed by atoms with Crippen molar-refractivity contribution in [3.63, 3.8) is 0 Å². The van der Waals surface area contributed by atoms with Gasteiger partial charge in [-0.3, -0.25) is 19.8 Å². The first-order valence-corrected chi connectivity index (χ1v) is 6.19. The fourth-order valence-electron chi connectivity index (χ4n) is 1.30. The number of rotatable bonds is 6. The summed E-state index contributed by atoms with van der Waals surface area (Å²) in [6.45, 7) is 2.07. The van der Waals surface area contributed by atoms with Crippen molar-refractivity contribution >= 4 is 27.4 Å². The number of aromatic nitrogens is 1. The Morgan fingerprint density at radius 2 is 2.44 bits per heavy atom. The second kappa shape index (κ2) is 6.66. The Balaban J connectivity index is 2.90. The van der Waals surface area contributed by atoms with Gasteiger partial charge in [-0.1, -0.05) is 6.92 Å². The van der Waals surface area contributed by atoms with Gasteiger partial charge in [0.1, 0.15) is 6.20 Å². The molecule has 1 rings (SSSR count). The van der Waals surface area contributed by atoms with Crippen LogP contribution in [0.15, 0.2) is 6.20 Å². The summed E-state index contributed by atoms with van der Waals surface area (Å²) in [5, 5.41) is 19.3. The Bertz CT molecular complexity index is 480. The van der Waals surface area contributed by atoms with Gasteiger partial charge in [-0.15, -0.1) is 0 Å². The largest absolute Gasteiger partial charge is 0.345 e. The Morgan fingerprint density at radius 1 is 1.72 bits per heavy atom. The number of carbonyl (C=O) groups is 1. The minimum Gasteiger partial charge on any atom is -0.287 e. The van der Waals surface area contributed by atoms with E-state index in [0.717, 1.165) is 17.5 Å². The van der Waals surface area contributed by atoms with Gasteiger partial charge >= 0.3 is 5.00 Å².